The maximum atomic E-state index is 14.0. The van der Waals surface area contributed by atoms with E-state index in [1.54, 1.807) is 23.2 Å². The molecule has 8 atom stereocenters. The minimum atomic E-state index is -1.90. The first-order chi connectivity index (χ1) is 28.2. The molecule has 21 nitrogen and oxygen atoms in total. The zero-order valence-corrected chi connectivity index (χ0v) is 33.1. The first-order valence-electron chi connectivity index (χ1n) is 19.7. The standard InChI is InChI=1S/C38H58N9O12/c1-3-46-24-6-5-22(13-25(24)47(4-2)30(46)17-45(20-50)37-35(39)42-36-23(41-37)7-10-40-36)38(59)44-11-8-21(9-12-44)14-43(15-26(51)31(55)33(57)28(53)18-48)16-27(52)32(56)34(58)29(54)19-49/h5-7,10,13,20-21,26-29,31-34,48-49,51-58H,3-4,8-9,11-12,14-19H2,1-2H3,(H3,39,40,42)/q+1/t26-,27-,28+,29+,31+,32+,33+,34+/m0/s1. The number of piperidine rings is 1. The predicted molar refractivity (Wildman–Crippen MR) is 211 cm³/mol. The van der Waals surface area contributed by atoms with Crippen molar-refractivity contribution in [2.75, 3.05) is 56.6 Å². The molecule has 4 heterocycles. The Kier molecular flexibility index (Phi) is 15.7. The lowest BCUT2D eigenvalue weighted by molar-refractivity contribution is -0.676. The number of aromatic nitrogens is 5. The molecule has 1 aliphatic heterocycles. The van der Waals surface area contributed by atoms with Gasteiger partial charge in [0.25, 0.3) is 11.7 Å². The first kappa shape index (κ1) is 45.7. The molecule has 0 radical (unpaired) electrons. The molecule has 326 valence electrons. The highest BCUT2D eigenvalue weighted by atomic mass is 16.4. The number of aliphatic hydroxyl groups is 10. The molecule has 2 amide bonds. The summed E-state index contributed by atoms with van der Waals surface area (Å²) in [4.78, 5) is 42.9. The van der Waals surface area contributed by atoms with Gasteiger partial charge in [-0.1, -0.05) is 0 Å². The van der Waals surface area contributed by atoms with Crippen LogP contribution in [0, 0.1) is 5.92 Å². The van der Waals surface area contributed by atoms with E-state index < -0.39 is 62.0 Å². The van der Waals surface area contributed by atoms with Crippen molar-refractivity contribution in [1.29, 1.82) is 0 Å². The van der Waals surface area contributed by atoms with Gasteiger partial charge in [-0.05, 0) is 50.8 Å². The SMILES string of the molecule is CCn1c(CN(C=O)c2nc3cc[nH]c3nc2N)[n+](CC)c2ccc(C(=O)N3CCC(CN(C[C@H](O)[C@@H](O)[C@H](O)[C@H](O)CO)C[C@H](O)[C@@H](O)[C@H](O)[C@H](O)CO)CC3)cc21. The van der Waals surface area contributed by atoms with Crippen LogP contribution in [0.5, 0.6) is 0 Å². The van der Waals surface area contributed by atoms with Gasteiger partial charge in [0, 0.05) is 50.6 Å². The third-order valence-corrected chi connectivity index (χ3v) is 11.1. The van der Waals surface area contributed by atoms with Crippen LogP contribution in [-0.4, -0.2) is 187 Å². The summed E-state index contributed by atoms with van der Waals surface area (Å²) in [5.74, 6) is 0.794. The number of nitrogens with one attached hydrogen (secondary N) is 1. The summed E-state index contributed by atoms with van der Waals surface area (Å²) >= 11 is 0. The summed E-state index contributed by atoms with van der Waals surface area (Å²) in [6, 6.07) is 7.21. The van der Waals surface area contributed by atoms with E-state index in [2.05, 4.69) is 19.5 Å². The van der Waals surface area contributed by atoms with E-state index in [1.807, 2.05) is 30.5 Å². The molecule has 1 saturated heterocycles. The average Bonchev–Trinajstić information content (AvgIpc) is 3.83. The van der Waals surface area contributed by atoms with Crippen LogP contribution in [0.3, 0.4) is 0 Å². The Morgan fingerprint density at radius 1 is 0.915 bits per heavy atom. The number of aliphatic hydroxyl groups excluding tert-OH is 10. The second-order valence-corrected chi connectivity index (χ2v) is 15.0. The topological polar surface area (TPSA) is 323 Å². The van der Waals surface area contributed by atoms with E-state index in [0.29, 0.717) is 62.2 Å². The number of aromatic amines is 1. The van der Waals surface area contributed by atoms with Gasteiger partial charge in [0.1, 0.15) is 48.7 Å². The molecule has 0 spiro atoms. The number of hydrogen-bond donors (Lipinski definition) is 12. The molecule has 21 heteroatoms. The van der Waals surface area contributed by atoms with E-state index in [-0.39, 0.29) is 49.6 Å². The number of imidazole rings is 1. The minimum absolute atomic E-state index is 0.0936. The zero-order valence-electron chi connectivity index (χ0n) is 33.1. The smallest absolute Gasteiger partial charge is 0.277 e. The molecule has 4 aromatic rings. The van der Waals surface area contributed by atoms with Crippen molar-refractivity contribution in [2.24, 2.45) is 5.92 Å². The van der Waals surface area contributed by atoms with E-state index in [9.17, 15) is 60.7 Å². The number of anilines is 2. The molecule has 1 aromatic carbocycles. The predicted octanol–water partition coefficient (Wildman–Crippen LogP) is -3.99. The average molecular weight is 833 g/mol. The van der Waals surface area contributed by atoms with Crippen LogP contribution in [0.2, 0.25) is 0 Å². The maximum absolute atomic E-state index is 14.0. The van der Waals surface area contributed by atoms with E-state index in [1.165, 1.54) is 9.80 Å². The largest absolute Gasteiger partial charge is 0.394 e. The fourth-order valence-corrected chi connectivity index (χ4v) is 7.76. The van der Waals surface area contributed by atoms with Crippen LogP contribution >= 0.6 is 0 Å². The molecular weight excluding hydrogens is 774 g/mol. The van der Waals surface area contributed by atoms with Gasteiger partial charge in [-0.15, -0.1) is 0 Å². The van der Waals surface area contributed by atoms with Gasteiger partial charge in [0.15, 0.2) is 28.3 Å². The van der Waals surface area contributed by atoms with Crippen molar-refractivity contribution in [3.8, 4) is 0 Å². The van der Waals surface area contributed by atoms with Crippen molar-refractivity contribution >= 4 is 46.2 Å². The Hall–Kier alpha value is -4.39. The molecule has 0 aliphatic carbocycles. The Balaban J connectivity index is 1.30. The van der Waals surface area contributed by atoms with Crippen molar-refractivity contribution < 1.29 is 65.2 Å². The number of likely N-dealkylation sites (tertiary alicyclic amines) is 1. The third-order valence-electron chi connectivity index (χ3n) is 11.1. The molecule has 3 aromatic heterocycles. The minimum Gasteiger partial charge on any atom is -0.394 e. The van der Waals surface area contributed by atoms with Gasteiger partial charge in [0.05, 0.1) is 38.5 Å². The van der Waals surface area contributed by atoms with Crippen LogP contribution in [0.15, 0.2) is 30.5 Å². The number of carbonyl (C=O) groups excluding carboxylic acids is 2. The van der Waals surface area contributed by atoms with Gasteiger partial charge in [-0.25, -0.2) is 19.1 Å². The number of benzene rings is 1. The summed E-state index contributed by atoms with van der Waals surface area (Å²) in [7, 11) is 0. The fourth-order valence-electron chi connectivity index (χ4n) is 7.76. The number of nitrogens with two attached hydrogens (primary N) is 1. The highest BCUT2D eigenvalue weighted by Gasteiger charge is 2.36. The summed E-state index contributed by atoms with van der Waals surface area (Å²) < 4.78 is 4.10. The summed E-state index contributed by atoms with van der Waals surface area (Å²) in [6.45, 7) is 3.58. The third kappa shape index (κ3) is 10.2. The number of aryl methyl sites for hydroxylation is 2. The Labute approximate surface area is 339 Å². The van der Waals surface area contributed by atoms with Gasteiger partial charge in [-0.2, -0.15) is 0 Å². The number of fused-ring (bicyclic) bond motifs is 2. The molecule has 0 unspecified atom stereocenters. The normalized spacial score (nSPS) is 18.2. The summed E-state index contributed by atoms with van der Waals surface area (Å²) in [6.07, 6.45) is -11.1. The van der Waals surface area contributed by atoms with Gasteiger partial charge >= 0.3 is 0 Å². The second-order valence-electron chi connectivity index (χ2n) is 15.0. The second kappa shape index (κ2) is 20.2. The molecule has 13 N–H and O–H groups in total. The number of amides is 2. The molecular formula is C38H58N9O12+. The number of H-pyrrole nitrogens is 1. The highest BCUT2D eigenvalue weighted by molar-refractivity contribution is 5.97. The van der Waals surface area contributed by atoms with Crippen LogP contribution in [0.25, 0.3) is 22.2 Å². The Bertz CT molecular complexity index is 1980. The number of nitrogen functional groups attached to an aromatic ring is 1. The Morgan fingerprint density at radius 3 is 2.05 bits per heavy atom. The van der Waals surface area contributed by atoms with Crippen molar-refractivity contribution in [3.05, 3.63) is 41.9 Å². The number of nitrogens with zero attached hydrogens (tertiary/aromatic N) is 7. The van der Waals surface area contributed by atoms with Gasteiger partial charge in [-0.3, -0.25) is 19.4 Å². The van der Waals surface area contributed by atoms with Gasteiger partial charge in [0.2, 0.25) is 6.41 Å². The van der Waals surface area contributed by atoms with Gasteiger partial charge < -0.3 is 66.7 Å². The number of rotatable bonds is 21. The quantitative estimate of drug-likeness (QED) is 0.0281. The van der Waals surface area contributed by atoms with E-state index in [0.717, 1.165) is 16.9 Å². The molecule has 1 aliphatic rings. The lowest BCUT2D eigenvalue weighted by Gasteiger charge is -2.38. The molecule has 59 heavy (non-hydrogen) atoms. The first-order valence-corrected chi connectivity index (χ1v) is 19.7. The summed E-state index contributed by atoms with van der Waals surface area (Å²) in [5.41, 5.74) is 9.39. The lowest BCUT2D eigenvalue weighted by Crippen LogP contribution is -2.54. The monoisotopic (exact) mass is 832 g/mol. The molecule has 5 rings (SSSR count). The van der Waals surface area contributed by atoms with Crippen LogP contribution in [0.4, 0.5) is 11.6 Å². The maximum Gasteiger partial charge on any atom is 0.277 e. The summed E-state index contributed by atoms with van der Waals surface area (Å²) in [5, 5.41) is 101. The Morgan fingerprint density at radius 2 is 1.51 bits per heavy atom. The van der Waals surface area contributed by atoms with Crippen LogP contribution < -0.4 is 15.2 Å². The number of carbonyl (C=O) groups is 2. The van der Waals surface area contributed by atoms with Crippen LogP contribution in [0.1, 0.15) is 42.9 Å². The lowest BCUT2D eigenvalue weighted by atomic mass is 9.94. The number of hydrogen-bond acceptors (Lipinski definition) is 16. The molecule has 0 bridgehead atoms. The van der Waals surface area contributed by atoms with Crippen molar-refractivity contribution in [2.45, 2.75) is 95.2 Å². The molecule has 1 fully saturated rings. The zero-order chi connectivity index (χ0) is 43.1. The highest BCUT2D eigenvalue weighted by Crippen LogP contribution is 2.26. The van der Waals surface area contributed by atoms with Crippen LogP contribution in [-0.2, 0) is 24.4 Å². The van der Waals surface area contributed by atoms with Crippen molar-refractivity contribution in [1.82, 2.24) is 29.3 Å². The van der Waals surface area contributed by atoms with E-state index in [4.69, 9.17) is 5.73 Å². The van der Waals surface area contributed by atoms with Crippen molar-refractivity contribution in [3.63, 3.8) is 0 Å². The fraction of sp³-hybridized carbons (Fsp3) is 0.605. The molecule has 0 saturated carbocycles. The van der Waals surface area contributed by atoms with E-state index >= 15 is 0 Å².